The summed E-state index contributed by atoms with van der Waals surface area (Å²) in [6, 6.07) is -0.510. The Labute approximate surface area is 79.8 Å². The highest BCUT2D eigenvalue weighted by molar-refractivity contribution is 6.23. The van der Waals surface area contributed by atoms with Crippen molar-refractivity contribution in [2.45, 2.75) is 18.9 Å². The van der Waals surface area contributed by atoms with Gasteiger partial charge in [0, 0.05) is 12.3 Å². The van der Waals surface area contributed by atoms with Crippen LogP contribution in [0.3, 0.4) is 0 Å². The van der Waals surface area contributed by atoms with E-state index in [0.717, 1.165) is 12.8 Å². The highest BCUT2D eigenvalue weighted by Crippen LogP contribution is 2.23. The lowest BCUT2D eigenvalue weighted by molar-refractivity contribution is -0.132. The molecule has 2 N–H and O–H groups in total. The Morgan fingerprint density at radius 3 is 2.21 bits per heavy atom. The van der Waals surface area contributed by atoms with E-state index in [1.54, 1.807) is 0 Å². The summed E-state index contributed by atoms with van der Waals surface area (Å²) in [7, 11) is 0. The van der Waals surface area contributed by atoms with E-state index in [1.807, 2.05) is 10.6 Å². The van der Waals surface area contributed by atoms with Crippen molar-refractivity contribution in [1.82, 2.24) is 10.6 Å². The number of hydrogen-bond acceptors (Lipinski definition) is 4. The van der Waals surface area contributed by atoms with Gasteiger partial charge in [-0.15, -0.1) is 0 Å². The molecule has 2 fully saturated rings. The van der Waals surface area contributed by atoms with Crippen molar-refractivity contribution in [3.05, 3.63) is 0 Å². The number of rotatable bonds is 2. The maximum Gasteiger partial charge on any atom is 0.328 e. The van der Waals surface area contributed by atoms with Gasteiger partial charge in [-0.05, 0) is 12.8 Å². The molecule has 4 amide bonds. The zero-order chi connectivity index (χ0) is 10.1. The van der Waals surface area contributed by atoms with Crippen LogP contribution in [-0.2, 0) is 9.59 Å². The molecule has 74 valence electrons. The lowest BCUT2D eigenvalue weighted by Crippen LogP contribution is -2.56. The fourth-order valence-electron chi connectivity index (χ4n) is 1.10. The molecule has 0 aromatic carbocycles. The van der Waals surface area contributed by atoms with Crippen LogP contribution in [0.1, 0.15) is 12.8 Å². The van der Waals surface area contributed by atoms with Gasteiger partial charge in [0.2, 0.25) is 11.8 Å². The molecule has 0 radical (unpaired) electrons. The number of urea groups is 1. The zero-order valence-corrected chi connectivity index (χ0v) is 7.32. The molecule has 0 atom stereocenters. The van der Waals surface area contributed by atoms with Crippen molar-refractivity contribution in [3.8, 4) is 0 Å². The maximum atomic E-state index is 11.2. The molecule has 0 bridgehead atoms. The normalized spacial score (nSPS) is 23.9. The fourth-order valence-corrected chi connectivity index (χ4v) is 1.10. The number of amides is 4. The summed E-state index contributed by atoms with van der Waals surface area (Å²) in [6.07, 6.45) is 3.32. The minimum Gasteiger partial charge on any atom is -0.293 e. The molecule has 1 saturated heterocycles. The predicted molar refractivity (Wildman–Crippen MR) is 46.7 cm³/mol. The monoisotopic (exact) mass is 195 g/mol. The average molecular weight is 195 g/mol. The highest BCUT2D eigenvalue weighted by Gasteiger charge is 2.33. The van der Waals surface area contributed by atoms with Gasteiger partial charge in [-0.3, -0.25) is 25.2 Å². The van der Waals surface area contributed by atoms with Gasteiger partial charge < -0.3 is 0 Å². The lowest BCUT2D eigenvalue weighted by Gasteiger charge is -2.16. The van der Waals surface area contributed by atoms with E-state index < -0.39 is 23.8 Å². The second-order valence-electron chi connectivity index (χ2n) is 3.31. The molecule has 0 unspecified atom stereocenters. The van der Waals surface area contributed by atoms with Gasteiger partial charge in [0.25, 0.3) is 0 Å². The number of barbiturate groups is 1. The third-order valence-corrected chi connectivity index (χ3v) is 2.03. The smallest absolute Gasteiger partial charge is 0.293 e. The first-order chi connectivity index (χ1) is 6.66. The lowest BCUT2D eigenvalue weighted by atomic mass is 10.1. The first-order valence-corrected chi connectivity index (χ1v) is 4.36. The highest BCUT2D eigenvalue weighted by atomic mass is 16.2. The molecule has 0 aromatic heterocycles. The number of carbonyl (C=O) groups is 3. The Hall–Kier alpha value is -1.72. The Kier molecular flexibility index (Phi) is 2.03. The van der Waals surface area contributed by atoms with Gasteiger partial charge in [-0.1, -0.05) is 0 Å². The van der Waals surface area contributed by atoms with Gasteiger partial charge in [-0.2, -0.15) is 0 Å². The van der Waals surface area contributed by atoms with Crippen LogP contribution in [0, 0.1) is 5.92 Å². The van der Waals surface area contributed by atoms with Gasteiger partial charge in [0.15, 0.2) is 5.92 Å². The van der Waals surface area contributed by atoms with Crippen LogP contribution < -0.4 is 10.6 Å². The summed E-state index contributed by atoms with van der Waals surface area (Å²) in [5.41, 5.74) is 0. The van der Waals surface area contributed by atoms with Crippen LogP contribution in [-0.4, -0.2) is 30.1 Å². The van der Waals surface area contributed by atoms with Crippen LogP contribution in [0.2, 0.25) is 0 Å². The molecule has 6 heteroatoms. The second-order valence-corrected chi connectivity index (χ2v) is 3.31. The molecule has 1 aliphatic heterocycles. The Balaban J connectivity index is 2.04. The Morgan fingerprint density at radius 2 is 1.71 bits per heavy atom. The molecule has 2 rings (SSSR count). The number of hydrogen-bond donors (Lipinski definition) is 2. The molecule has 1 saturated carbocycles. The molecule has 6 nitrogen and oxygen atoms in total. The molecular formula is C8H9N3O3. The molecular weight excluding hydrogens is 186 g/mol. The third kappa shape index (κ3) is 1.78. The van der Waals surface area contributed by atoms with Crippen molar-refractivity contribution in [2.24, 2.45) is 10.9 Å². The van der Waals surface area contributed by atoms with Crippen LogP contribution in [0.25, 0.3) is 0 Å². The fraction of sp³-hybridized carbons (Fsp3) is 0.500. The number of nitrogens with zero attached hydrogens (tertiary/aromatic N) is 1. The van der Waals surface area contributed by atoms with Crippen LogP contribution in [0.5, 0.6) is 0 Å². The van der Waals surface area contributed by atoms with Crippen molar-refractivity contribution in [3.63, 3.8) is 0 Å². The second kappa shape index (κ2) is 3.21. The van der Waals surface area contributed by atoms with Crippen LogP contribution >= 0.6 is 0 Å². The number of imide groups is 2. The van der Waals surface area contributed by atoms with E-state index in [9.17, 15) is 14.4 Å². The summed E-state index contributed by atoms with van der Waals surface area (Å²) in [4.78, 5) is 37.0. The number of carbonyl (C=O) groups excluding carboxylic acids is 3. The summed E-state index contributed by atoms with van der Waals surface area (Å²) >= 11 is 0. The average Bonchev–Trinajstić information content (AvgIpc) is 2.85. The SMILES string of the molecule is O=C1NC(=O)C(C=NC2CC2)C(=O)N1. The van der Waals surface area contributed by atoms with Crippen LogP contribution in [0.4, 0.5) is 4.79 Å². The summed E-state index contributed by atoms with van der Waals surface area (Å²) in [5.74, 6) is -2.18. The molecule has 1 heterocycles. The van der Waals surface area contributed by atoms with E-state index in [-0.39, 0.29) is 6.04 Å². The van der Waals surface area contributed by atoms with Crippen molar-refractivity contribution in [1.29, 1.82) is 0 Å². The number of aliphatic imine (C=N–C) groups is 1. The molecule has 0 aromatic rings. The number of nitrogens with one attached hydrogen (secondary N) is 2. The van der Waals surface area contributed by atoms with Crippen LogP contribution in [0.15, 0.2) is 4.99 Å². The quantitative estimate of drug-likeness (QED) is 0.446. The van der Waals surface area contributed by atoms with E-state index >= 15 is 0 Å². The van der Waals surface area contributed by atoms with Crippen molar-refractivity contribution in [2.75, 3.05) is 0 Å². The van der Waals surface area contributed by atoms with Crippen molar-refractivity contribution < 1.29 is 14.4 Å². The van der Waals surface area contributed by atoms with Gasteiger partial charge >= 0.3 is 6.03 Å². The minimum absolute atomic E-state index is 0.258. The van der Waals surface area contributed by atoms with E-state index in [0.29, 0.717) is 0 Å². The van der Waals surface area contributed by atoms with Gasteiger partial charge in [0.05, 0.1) is 0 Å². The van der Waals surface area contributed by atoms with Crippen molar-refractivity contribution >= 4 is 24.1 Å². The van der Waals surface area contributed by atoms with E-state index in [4.69, 9.17) is 0 Å². The zero-order valence-electron chi connectivity index (χ0n) is 7.32. The van der Waals surface area contributed by atoms with Gasteiger partial charge in [0.1, 0.15) is 0 Å². The molecule has 1 aliphatic carbocycles. The summed E-state index contributed by atoms with van der Waals surface area (Å²) in [6.45, 7) is 0. The molecule has 14 heavy (non-hydrogen) atoms. The molecule has 2 aliphatic rings. The summed E-state index contributed by atoms with van der Waals surface area (Å²) in [5, 5.41) is 4.01. The Morgan fingerprint density at radius 1 is 1.14 bits per heavy atom. The largest absolute Gasteiger partial charge is 0.328 e. The third-order valence-electron chi connectivity index (χ3n) is 2.03. The molecule has 0 spiro atoms. The van der Waals surface area contributed by atoms with E-state index in [1.165, 1.54) is 6.21 Å². The maximum absolute atomic E-state index is 11.2. The predicted octanol–water partition coefficient (Wildman–Crippen LogP) is -0.798. The first kappa shape index (κ1) is 8.86. The van der Waals surface area contributed by atoms with E-state index in [2.05, 4.69) is 4.99 Å². The standard InChI is InChI=1S/C8H9N3O3/c12-6-5(3-9-4-1-2-4)7(13)11-8(14)10-6/h3-5H,1-2H2,(H2,10,11,12,13,14). The Bertz CT molecular complexity index is 313. The minimum atomic E-state index is -0.965. The first-order valence-electron chi connectivity index (χ1n) is 4.36. The van der Waals surface area contributed by atoms with Gasteiger partial charge in [-0.25, -0.2) is 4.79 Å². The summed E-state index contributed by atoms with van der Waals surface area (Å²) < 4.78 is 0. The topological polar surface area (TPSA) is 87.6 Å².